The molecule has 0 aliphatic carbocycles. The van der Waals surface area contributed by atoms with Crippen LogP contribution in [0.2, 0.25) is 0 Å². The lowest BCUT2D eigenvalue weighted by molar-refractivity contribution is 0.0949. The van der Waals surface area contributed by atoms with Gasteiger partial charge in [0, 0.05) is 12.1 Å². The van der Waals surface area contributed by atoms with E-state index in [2.05, 4.69) is 10.4 Å². The van der Waals surface area contributed by atoms with Crippen LogP contribution < -0.4 is 11.1 Å². The van der Waals surface area contributed by atoms with Gasteiger partial charge in [0.1, 0.15) is 5.82 Å². The van der Waals surface area contributed by atoms with Crippen molar-refractivity contribution in [2.75, 3.05) is 0 Å². The number of hydrogen-bond acceptors (Lipinski definition) is 3. The first kappa shape index (κ1) is 18.3. The minimum atomic E-state index is -0.518. The highest BCUT2D eigenvalue weighted by atomic mass is 19.1. The fourth-order valence-corrected chi connectivity index (χ4v) is 2.91. The van der Waals surface area contributed by atoms with Crippen molar-refractivity contribution in [3.8, 4) is 5.69 Å². The van der Waals surface area contributed by atoms with Gasteiger partial charge >= 0.3 is 0 Å². The Kier molecular flexibility index (Phi) is 5.03. The minimum absolute atomic E-state index is 0.251. The van der Waals surface area contributed by atoms with E-state index >= 15 is 0 Å². The van der Waals surface area contributed by atoms with Crippen LogP contribution in [0.5, 0.6) is 0 Å². The third-order valence-electron chi connectivity index (χ3n) is 4.25. The molecule has 0 radical (unpaired) electrons. The second-order valence-electron chi connectivity index (χ2n) is 6.18. The minimum Gasteiger partial charge on any atom is -0.366 e. The first-order chi connectivity index (χ1) is 12.9. The fraction of sp³-hybridized carbons (Fsp3) is 0.150. The Labute approximate surface area is 155 Å². The van der Waals surface area contributed by atoms with Crippen molar-refractivity contribution in [1.82, 2.24) is 15.1 Å². The number of nitrogens with two attached hydrogens (primary N) is 1. The molecular weight excluding hydrogens is 347 g/mol. The summed E-state index contributed by atoms with van der Waals surface area (Å²) in [6.45, 7) is 3.78. The average molecular weight is 366 g/mol. The van der Waals surface area contributed by atoms with E-state index in [1.54, 1.807) is 54.9 Å². The first-order valence-corrected chi connectivity index (χ1v) is 8.36. The standard InChI is InChI=1S/C20H19FN4O2/c1-12-18(13(2)25(24-12)17-8-6-16(21)7-9-17)20(27)23-11-14-4-3-5-15(10-14)19(22)26/h3-10H,11H2,1-2H3,(H2,22,26)(H,23,27). The quantitative estimate of drug-likeness (QED) is 0.727. The maximum Gasteiger partial charge on any atom is 0.255 e. The molecule has 0 aliphatic rings. The Balaban J connectivity index is 1.80. The molecule has 0 saturated carbocycles. The molecule has 7 heteroatoms. The molecule has 1 heterocycles. The summed E-state index contributed by atoms with van der Waals surface area (Å²) in [4.78, 5) is 23.9. The Bertz CT molecular complexity index is 1010. The summed E-state index contributed by atoms with van der Waals surface area (Å²) < 4.78 is 14.7. The van der Waals surface area contributed by atoms with Gasteiger partial charge in [0.2, 0.25) is 5.91 Å². The van der Waals surface area contributed by atoms with Crippen LogP contribution in [-0.2, 0) is 6.54 Å². The first-order valence-electron chi connectivity index (χ1n) is 8.36. The second kappa shape index (κ2) is 7.41. The molecule has 0 aliphatic heterocycles. The highest BCUT2D eigenvalue weighted by Gasteiger charge is 2.19. The molecular formula is C20H19FN4O2. The van der Waals surface area contributed by atoms with E-state index in [9.17, 15) is 14.0 Å². The molecule has 0 fully saturated rings. The van der Waals surface area contributed by atoms with Crippen LogP contribution >= 0.6 is 0 Å². The van der Waals surface area contributed by atoms with E-state index in [0.717, 1.165) is 5.56 Å². The van der Waals surface area contributed by atoms with Crippen molar-refractivity contribution in [2.24, 2.45) is 5.73 Å². The maximum absolute atomic E-state index is 13.1. The largest absolute Gasteiger partial charge is 0.366 e. The third kappa shape index (κ3) is 3.87. The smallest absolute Gasteiger partial charge is 0.255 e. The number of nitrogens with one attached hydrogen (secondary N) is 1. The third-order valence-corrected chi connectivity index (χ3v) is 4.25. The summed E-state index contributed by atoms with van der Waals surface area (Å²) in [5.41, 5.74) is 8.79. The van der Waals surface area contributed by atoms with Crippen LogP contribution in [0.15, 0.2) is 48.5 Å². The van der Waals surface area contributed by atoms with E-state index in [1.165, 1.54) is 12.1 Å². The van der Waals surface area contributed by atoms with Crippen molar-refractivity contribution < 1.29 is 14.0 Å². The average Bonchev–Trinajstić information content (AvgIpc) is 2.95. The summed E-state index contributed by atoms with van der Waals surface area (Å²) in [5, 5.41) is 7.23. The van der Waals surface area contributed by atoms with Gasteiger partial charge in [-0.05, 0) is 55.8 Å². The van der Waals surface area contributed by atoms with Gasteiger partial charge in [-0.1, -0.05) is 12.1 Å². The van der Waals surface area contributed by atoms with Gasteiger partial charge < -0.3 is 11.1 Å². The van der Waals surface area contributed by atoms with E-state index in [4.69, 9.17) is 5.73 Å². The maximum atomic E-state index is 13.1. The summed E-state index contributed by atoms with van der Waals surface area (Å²) in [6, 6.07) is 12.7. The summed E-state index contributed by atoms with van der Waals surface area (Å²) in [7, 11) is 0. The second-order valence-corrected chi connectivity index (χ2v) is 6.18. The predicted molar refractivity (Wildman–Crippen MR) is 99.1 cm³/mol. The van der Waals surface area contributed by atoms with Gasteiger partial charge in [0.05, 0.1) is 22.6 Å². The molecule has 1 aromatic heterocycles. The molecule has 0 atom stereocenters. The van der Waals surface area contributed by atoms with E-state index < -0.39 is 5.91 Å². The zero-order valence-corrected chi connectivity index (χ0v) is 15.0. The molecule has 3 rings (SSSR count). The summed E-state index contributed by atoms with van der Waals surface area (Å²) >= 11 is 0. The van der Waals surface area contributed by atoms with Crippen LogP contribution in [0.1, 0.15) is 37.7 Å². The molecule has 3 N–H and O–H groups in total. The van der Waals surface area contributed by atoms with Crippen molar-refractivity contribution in [3.63, 3.8) is 0 Å². The van der Waals surface area contributed by atoms with Crippen molar-refractivity contribution >= 4 is 11.8 Å². The van der Waals surface area contributed by atoms with E-state index in [1.807, 2.05) is 0 Å². The summed E-state index contributed by atoms with van der Waals surface area (Å²) in [5.74, 6) is -1.13. The Hall–Kier alpha value is -3.48. The Morgan fingerprint density at radius 3 is 2.52 bits per heavy atom. The van der Waals surface area contributed by atoms with Crippen LogP contribution in [0.3, 0.4) is 0 Å². The molecule has 2 amide bonds. The molecule has 2 aromatic carbocycles. The highest BCUT2D eigenvalue weighted by Crippen LogP contribution is 2.18. The molecule has 3 aromatic rings. The fourth-order valence-electron chi connectivity index (χ4n) is 2.91. The molecule has 0 bridgehead atoms. The van der Waals surface area contributed by atoms with Gasteiger partial charge in [-0.25, -0.2) is 9.07 Å². The Morgan fingerprint density at radius 1 is 1.15 bits per heavy atom. The number of carbonyl (C=O) groups is 2. The number of amides is 2. The highest BCUT2D eigenvalue weighted by molar-refractivity contribution is 5.96. The van der Waals surface area contributed by atoms with E-state index in [0.29, 0.717) is 28.2 Å². The molecule has 27 heavy (non-hydrogen) atoms. The van der Waals surface area contributed by atoms with Crippen molar-refractivity contribution in [3.05, 3.63) is 82.4 Å². The number of primary amides is 1. The van der Waals surface area contributed by atoms with Crippen LogP contribution in [0.4, 0.5) is 4.39 Å². The number of aromatic nitrogens is 2. The number of benzene rings is 2. The van der Waals surface area contributed by atoms with Crippen LogP contribution in [0, 0.1) is 19.7 Å². The number of halogens is 1. The molecule has 0 spiro atoms. The van der Waals surface area contributed by atoms with Gasteiger partial charge in [-0.3, -0.25) is 9.59 Å². The topological polar surface area (TPSA) is 90.0 Å². The number of rotatable bonds is 5. The number of carbonyl (C=O) groups excluding carboxylic acids is 2. The zero-order chi connectivity index (χ0) is 19.6. The number of nitrogens with zero attached hydrogens (tertiary/aromatic N) is 2. The van der Waals surface area contributed by atoms with Gasteiger partial charge in [-0.15, -0.1) is 0 Å². The Morgan fingerprint density at radius 2 is 1.85 bits per heavy atom. The lowest BCUT2D eigenvalue weighted by Gasteiger charge is -2.08. The van der Waals surface area contributed by atoms with Gasteiger partial charge in [0.15, 0.2) is 0 Å². The van der Waals surface area contributed by atoms with Crippen LogP contribution in [0.25, 0.3) is 5.69 Å². The molecule has 138 valence electrons. The summed E-state index contributed by atoms with van der Waals surface area (Å²) in [6.07, 6.45) is 0. The monoisotopic (exact) mass is 366 g/mol. The van der Waals surface area contributed by atoms with Gasteiger partial charge in [-0.2, -0.15) is 5.10 Å². The SMILES string of the molecule is Cc1nn(-c2ccc(F)cc2)c(C)c1C(=O)NCc1cccc(C(N)=O)c1. The van der Waals surface area contributed by atoms with Gasteiger partial charge in [0.25, 0.3) is 5.91 Å². The lowest BCUT2D eigenvalue weighted by Crippen LogP contribution is -2.24. The normalized spacial score (nSPS) is 10.6. The van der Waals surface area contributed by atoms with Crippen molar-refractivity contribution in [1.29, 1.82) is 0 Å². The van der Waals surface area contributed by atoms with Crippen LogP contribution in [-0.4, -0.2) is 21.6 Å². The molecule has 6 nitrogen and oxygen atoms in total. The molecule has 0 saturated heterocycles. The van der Waals surface area contributed by atoms with Crippen molar-refractivity contribution in [2.45, 2.75) is 20.4 Å². The number of hydrogen-bond donors (Lipinski definition) is 2. The molecule has 0 unspecified atom stereocenters. The van der Waals surface area contributed by atoms with E-state index in [-0.39, 0.29) is 18.3 Å². The number of aryl methyl sites for hydroxylation is 1. The predicted octanol–water partition coefficient (Wildman–Crippen LogP) is 2.66. The lowest BCUT2D eigenvalue weighted by atomic mass is 10.1. The zero-order valence-electron chi connectivity index (χ0n) is 15.0.